The SMILES string of the molecule is CCCN(C(=O)C(C)(C)CC)C1COCC1C(=O)O. The van der Waals surface area contributed by atoms with Crippen molar-refractivity contribution < 1.29 is 19.4 Å². The molecular weight excluding hydrogens is 246 g/mol. The number of hydrogen-bond donors (Lipinski definition) is 1. The molecule has 0 saturated carbocycles. The van der Waals surface area contributed by atoms with E-state index in [2.05, 4.69) is 0 Å². The van der Waals surface area contributed by atoms with Crippen LogP contribution < -0.4 is 0 Å². The number of carboxylic acid groups (broad SMARTS) is 1. The first-order chi connectivity index (χ1) is 8.85. The second-order valence-electron chi connectivity index (χ2n) is 5.79. The summed E-state index contributed by atoms with van der Waals surface area (Å²) in [5.41, 5.74) is -0.458. The first-order valence-corrected chi connectivity index (χ1v) is 6.96. The van der Waals surface area contributed by atoms with Crippen LogP contribution in [0.2, 0.25) is 0 Å². The smallest absolute Gasteiger partial charge is 0.311 e. The van der Waals surface area contributed by atoms with Gasteiger partial charge in [-0.15, -0.1) is 0 Å². The van der Waals surface area contributed by atoms with Gasteiger partial charge in [-0.3, -0.25) is 9.59 Å². The van der Waals surface area contributed by atoms with Gasteiger partial charge in [-0.25, -0.2) is 0 Å². The summed E-state index contributed by atoms with van der Waals surface area (Å²) >= 11 is 0. The van der Waals surface area contributed by atoms with E-state index in [1.807, 2.05) is 27.7 Å². The number of rotatable bonds is 6. The third-order valence-electron chi connectivity index (χ3n) is 3.96. The van der Waals surface area contributed by atoms with Crippen LogP contribution in [0.4, 0.5) is 0 Å². The summed E-state index contributed by atoms with van der Waals surface area (Å²) < 4.78 is 5.28. The van der Waals surface area contributed by atoms with E-state index in [-0.39, 0.29) is 18.6 Å². The lowest BCUT2D eigenvalue weighted by molar-refractivity contribution is -0.148. The zero-order chi connectivity index (χ0) is 14.6. The fraction of sp³-hybridized carbons (Fsp3) is 0.857. The van der Waals surface area contributed by atoms with E-state index in [0.717, 1.165) is 12.8 Å². The van der Waals surface area contributed by atoms with Crippen LogP contribution in [0.3, 0.4) is 0 Å². The molecule has 5 nitrogen and oxygen atoms in total. The van der Waals surface area contributed by atoms with E-state index in [0.29, 0.717) is 13.2 Å². The lowest BCUT2D eigenvalue weighted by Gasteiger charge is -2.36. The predicted molar refractivity (Wildman–Crippen MR) is 71.8 cm³/mol. The molecule has 1 fully saturated rings. The molecule has 110 valence electrons. The molecule has 19 heavy (non-hydrogen) atoms. The lowest BCUT2D eigenvalue weighted by atomic mass is 9.87. The fourth-order valence-corrected chi connectivity index (χ4v) is 2.28. The summed E-state index contributed by atoms with van der Waals surface area (Å²) in [6.07, 6.45) is 1.55. The number of carboxylic acids is 1. The van der Waals surface area contributed by atoms with Crippen molar-refractivity contribution in [1.29, 1.82) is 0 Å². The van der Waals surface area contributed by atoms with Crippen molar-refractivity contribution in [2.45, 2.75) is 46.6 Å². The largest absolute Gasteiger partial charge is 0.481 e. The van der Waals surface area contributed by atoms with Gasteiger partial charge < -0.3 is 14.7 Å². The normalized spacial score (nSPS) is 23.4. The highest BCUT2D eigenvalue weighted by Crippen LogP contribution is 2.28. The molecule has 2 unspecified atom stereocenters. The van der Waals surface area contributed by atoms with Crippen molar-refractivity contribution in [3.63, 3.8) is 0 Å². The summed E-state index contributed by atoms with van der Waals surface area (Å²) in [4.78, 5) is 25.6. The van der Waals surface area contributed by atoms with Gasteiger partial charge in [0, 0.05) is 12.0 Å². The van der Waals surface area contributed by atoms with E-state index < -0.39 is 17.3 Å². The molecule has 5 heteroatoms. The Morgan fingerprint density at radius 3 is 2.42 bits per heavy atom. The Hall–Kier alpha value is -1.10. The van der Waals surface area contributed by atoms with Crippen LogP contribution in [0.15, 0.2) is 0 Å². The number of carbonyl (C=O) groups is 2. The van der Waals surface area contributed by atoms with Gasteiger partial charge in [-0.1, -0.05) is 27.7 Å². The van der Waals surface area contributed by atoms with Crippen LogP contribution in [-0.4, -0.2) is 47.7 Å². The van der Waals surface area contributed by atoms with E-state index in [1.54, 1.807) is 4.90 Å². The quantitative estimate of drug-likeness (QED) is 0.799. The topological polar surface area (TPSA) is 66.8 Å². The molecule has 1 aliphatic heterocycles. The van der Waals surface area contributed by atoms with Crippen molar-refractivity contribution >= 4 is 11.9 Å². The molecule has 1 rings (SSSR count). The van der Waals surface area contributed by atoms with Crippen LogP contribution >= 0.6 is 0 Å². The van der Waals surface area contributed by atoms with Gasteiger partial charge in [0.05, 0.1) is 19.3 Å². The van der Waals surface area contributed by atoms with Gasteiger partial charge in [-0.05, 0) is 12.8 Å². The molecule has 2 atom stereocenters. The lowest BCUT2D eigenvalue weighted by Crippen LogP contribution is -2.51. The van der Waals surface area contributed by atoms with Crippen LogP contribution in [0.5, 0.6) is 0 Å². The monoisotopic (exact) mass is 271 g/mol. The Bertz CT molecular complexity index is 340. The molecule has 1 heterocycles. The maximum atomic E-state index is 12.6. The summed E-state index contributed by atoms with van der Waals surface area (Å²) in [5.74, 6) is -1.47. The molecule has 1 amide bonds. The van der Waals surface area contributed by atoms with Crippen LogP contribution in [0, 0.1) is 11.3 Å². The number of aliphatic carboxylic acids is 1. The first kappa shape index (κ1) is 16.0. The molecule has 0 aliphatic carbocycles. The second kappa shape index (κ2) is 6.37. The molecule has 0 radical (unpaired) electrons. The van der Waals surface area contributed by atoms with Crippen molar-refractivity contribution in [2.24, 2.45) is 11.3 Å². The van der Waals surface area contributed by atoms with Crippen molar-refractivity contribution in [2.75, 3.05) is 19.8 Å². The second-order valence-corrected chi connectivity index (χ2v) is 5.79. The van der Waals surface area contributed by atoms with E-state index in [4.69, 9.17) is 4.74 Å². The highest BCUT2D eigenvalue weighted by molar-refractivity contribution is 5.83. The van der Waals surface area contributed by atoms with Gasteiger partial charge in [-0.2, -0.15) is 0 Å². The van der Waals surface area contributed by atoms with Crippen LogP contribution in [0.1, 0.15) is 40.5 Å². The van der Waals surface area contributed by atoms with Crippen molar-refractivity contribution in [3.8, 4) is 0 Å². The molecular formula is C14H25NO4. The van der Waals surface area contributed by atoms with Crippen LogP contribution in [0.25, 0.3) is 0 Å². The molecule has 0 aromatic heterocycles. The standard InChI is InChI=1S/C14H25NO4/c1-5-7-15(13(18)14(3,4)6-2)11-9-19-8-10(11)12(16)17/h10-11H,5-9H2,1-4H3,(H,16,17). The summed E-state index contributed by atoms with van der Waals surface area (Å²) in [7, 11) is 0. The van der Waals surface area contributed by atoms with E-state index in [1.165, 1.54) is 0 Å². The number of ether oxygens (including phenoxy) is 1. The van der Waals surface area contributed by atoms with E-state index in [9.17, 15) is 14.7 Å². The molecule has 0 spiro atoms. The Balaban J connectivity index is 2.94. The van der Waals surface area contributed by atoms with E-state index >= 15 is 0 Å². The Morgan fingerprint density at radius 1 is 1.32 bits per heavy atom. The van der Waals surface area contributed by atoms with Gasteiger partial charge in [0.2, 0.25) is 5.91 Å². The summed E-state index contributed by atoms with van der Waals surface area (Å²) in [5, 5.41) is 9.22. The number of carbonyl (C=O) groups excluding carboxylic acids is 1. The maximum Gasteiger partial charge on any atom is 0.311 e. The Kier molecular flexibility index (Phi) is 5.35. The highest BCUT2D eigenvalue weighted by Gasteiger charge is 2.42. The summed E-state index contributed by atoms with van der Waals surface area (Å²) in [6, 6.07) is -0.337. The highest BCUT2D eigenvalue weighted by atomic mass is 16.5. The summed E-state index contributed by atoms with van der Waals surface area (Å²) in [6.45, 7) is 8.88. The molecule has 1 saturated heterocycles. The number of nitrogens with zero attached hydrogens (tertiary/aromatic N) is 1. The molecule has 0 aromatic carbocycles. The predicted octanol–water partition coefficient (Wildman–Crippen LogP) is 1.76. The minimum atomic E-state index is -0.884. The van der Waals surface area contributed by atoms with Gasteiger partial charge in [0.25, 0.3) is 0 Å². The van der Waals surface area contributed by atoms with Gasteiger partial charge >= 0.3 is 5.97 Å². The first-order valence-electron chi connectivity index (χ1n) is 6.96. The van der Waals surface area contributed by atoms with Gasteiger partial charge in [0.15, 0.2) is 0 Å². The average Bonchev–Trinajstić information content (AvgIpc) is 2.84. The molecule has 1 N–H and O–H groups in total. The van der Waals surface area contributed by atoms with Crippen LogP contribution in [-0.2, 0) is 14.3 Å². The maximum absolute atomic E-state index is 12.6. The van der Waals surface area contributed by atoms with Gasteiger partial charge in [0.1, 0.15) is 5.92 Å². The third-order valence-corrected chi connectivity index (χ3v) is 3.96. The van der Waals surface area contributed by atoms with Crippen molar-refractivity contribution in [1.82, 2.24) is 4.90 Å². The molecule has 0 aromatic rings. The fourth-order valence-electron chi connectivity index (χ4n) is 2.28. The zero-order valence-electron chi connectivity index (χ0n) is 12.3. The number of amides is 1. The average molecular weight is 271 g/mol. The minimum absolute atomic E-state index is 0.0265. The number of hydrogen-bond acceptors (Lipinski definition) is 3. The Morgan fingerprint density at radius 2 is 1.95 bits per heavy atom. The minimum Gasteiger partial charge on any atom is -0.481 e. The molecule has 1 aliphatic rings. The third kappa shape index (κ3) is 3.47. The van der Waals surface area contributed by atoms with Crippen molar-refractivity contribution in [3.05, 3.63) is 0 Å². The zero-order valence-corrected chi connectivity index (χ0v) is 12.3. The Labute approximate surface area is 114 Å². The molecule has 0 bridgehead atoms.